The van der Waals surface area contributed by atoms with Crippen LogP contribution in [0.3, 0.4) is 0 Å². The van der Waals surface area contributed by atoms with Crippen LogP contribution in [0.2, 0.25) is 0 Å². The second kappa shape index (κ2) is 7.16. The van der Waals surface area contributed by atoms with Gasteiger partial charge in [-0.1, -0.05) is 0 Å². The lowest BCUT2D eigenvalue weighted by molar-refractivity contribution is -0.00949. The van der Waals surface area contributed by atoms with Gasteiger partial charge in [0, 0.05) is 37.6 Å². The summed E-state index contributed by atoms with van der Waals surface area (Å²) in [7, 11) is 0. The molecule has 1 N–H and O–H groups in total. The molecule has 0 atom stereocenters. The summed E-state index contributed by atoms with van der Waals surface area (Å²) >= 11 is 0. The summed E-state index contributed by atoms with van der Waals surface area (Å²) < 4.78 is 5.42. The summed E-state index contributed by atoms with van der Waals surface area (Å²) in [4.78, 5) is 6.65. The highest BCUT2D eigenvalue weighted by atomic mass is 16.5. The number of aromatic nitrogens is 1. The second-order valence-corrected chi connectivity index (χ2v) is 6.14. The maximum absolute atomic E-state index is 5.42. The van der Waals surface area contributed by atoms with Crippen molar-refractivity contribution in [3.8, 4) is 0 Å². The Balaban J connectivity index is 1.73. The van der Waals surface area contributed by atoms with Gasteiger partial charge in [-0.15, -0.1) is 0 Å². The van der Waals surface area contributed by atoms with Crippen molar-refractivity contribution in [1.29, 1.82) is 0 Å². The highest BCUT2D eigenvalue weighted by Crippen LogP contribution is 2.15. The first-order valence-corrected chi connectivity index (χ1v) is 7.52. The van der Waals surface area contributed by atoms with Crippen molar-refractivity contribution < 1.29 is 4.74 Å². The van der Waals surface area contributed by atoms with E-state index < -0.39 is 0 Å². The molecule has 1 aliphatic rings. The molecule has 4 heteroatoms. The highest BCUT2D eigenvalue weighted by molar-refractivity contribution is 5.21. The molecule has 2 rings (SSSR count). The number of hydrogen-bond acceptors (Lipinski definition) is 4. The molecule has 1 aromatic heterocycles. The fourth-order valence-corrected chi connectivity index (χ4v) is 2.68. The number of nitrogens with one attached hydrogen (secondary N) is 1. The van der Waals surface area contributed by atoms with Crippen LogP contribution in [0.25, 0.3) is 0 Å². The lowest BCUT2D eigenvalue weighted by atomic mass is 10.0. The van der Waals surface area contributed by atoms with E-state index in [1.165, 1.54) is 11.1 Å². The van der Waals surface area contributed by atoms with Crippen LogP contribution in [0.4, 0.5) is 0 Å². The fraction of sp³-hybridized carbons (Fsp3) is 0.688. The van der Waals surface area contributed by atoms with E-state index in [4.69, 9.17) is 4.74 Å². The molecule has 0 aliphatic carbocycles. The summed E-state index contributed by atoms with van der Waals surface area (Å²) in [5.41, 5.74) is 2.86. The average molecular weight is 277 g/mol. The van der Waals surface area contributed by atoms with Gasteiger partial charge in [0.2, 0.25) is 0 Å². The van der Waals surface area contributed by atoms with E-state index in [2.05, 4.69) is 42.0 Å². The van der Waals surface area contributed by atoms with Gasteiger partial charge in [0.05, 0.1) is 13.2 Å². The van der Waals surface area contributed by atoms with Gasteiger partial charge in [0.15, 0.2) is 0 Å². The molecule has 0 saturated carbocycles. The van der Waals surface area contributed by atoms with Crippen molar-refractivity contribution in [3.63, 3.8) is 0 Å². The summed E-state index contributed by atoms with van der Waals surface area (Å²) in [6.07, 6.45) is 4.88. The van der Waals surface area contributed by atoms with Crippen molar-refractivity contribution in [1.82, 2.24) is 15.2 Å². The molecule has 0 spiro atoms. The van der Waals surface area contributed by atoms with Crippen LogP contribution in [0, 0.1) is 6.92 Å². The molecule has 1 saturated heterocycles. The summed E-state index contributed by atoms with van der Waals surface area (Å²) in [5.74, 6) is 0. The Labute approximate surface area is 122 Å². The maximum atomic E-state index is 5.42. The van der Waals surface area contributed by atoms with Crippen molar-refractivity contribution in [2.24, 2.45) is 0 Å². The summed E-state index contributed by atoms with van der Waals surface area (Å²) in [6, 6.07) is 2.12. The molecular weight excluding hydrogens is 250 g/mol. The van der Waals surface area contributed by atoms with E-state index in [9.17, 15) is 0 Å². The Bertz CT molecular complexity index is 414. The van der Waals surface area contributed by atoms with Crippen molar-refractivity contribution >= 4 is 0 Å². The molecular formula is C16H27N3O. The minimum absolute atomic E-state index is 0.192. The van der Waals surface area contributed by atoms with Gasteiger partial charge < -0.3 is 10.1 Å². The first kappa shape index (κ1) is 15.4. The predicted molar refractivity (Wildman–Crippen MR) is 82.0 cm³/mol. The van der Waals surface area contributed by atoms with E-state index in [1.54, 1.807) is 0 Å². The number of ether oxygens (including phenoxy) is 1. The van der Waals surface area contributed by atoms with Crippen LogP contribution in [-0.2, 0) is 11.2 Å². The lowest BCUT2D eigenvalue weighted by Crippen LogP contribution is -2.54. The van der Waals surface area contributed by atoms with E-state index in [-0.39, 0.29) is 5.54 Å². The van der Waals surface area contributed by atoms with Crippen LogP contribution >= 0.6 is 0 Å². The third-order valence-corrected chi connectivity index (χ3v) is 4.13. The number of nitrogens with zero attached hydrogens (tertiary/aromatic N) is 2. The zero-order chi connectivity index (χ0) is 14.4. The van der Waals surface area contributed by atoms with Crippen LogP contribution in [0.1, 0.15) is 25.0 Å². The molecule has 2 heterocycles. The Morgan fingerprint density at radius 1 is 1.35 bits per heavy atom. The molecule has 1 fully saturated rings. The smallest absolute Gasteiger partial charge is 0.0594 e. The average Bonchev–Trinajstić information content (AvgIpc) is 2.46. The number of pyridine rings is 1. The number of aryl methyl sites for hydroxylation is 1. The molecule has 4 nitrogen and oxygen atoms in total. The molecule has 20 heavy (non-hydrogen) atoms. The Morgan fingerprint density at radius 2 is 2.10 bits per heavy atom. The molecule has 1 aromatic rings. The second-order valence-electron chi connectivity index (χ2n) is 6.14. The quantitative estimate of drug-likeness (QED) is 0.802. The van der Waals surface area contributed by atoms with E-state index in [0.29, 0.717) is 0 Å². The van der Waals surface area contributed by atoms with Crippen molar-refractivity contribution in [3.05, 3.63) is 29.6 Å². The maximum Gasteiger partial charge on any atom is 0.0594 e. The van der Waals surface area contributed by atoms with Gasteiger partial charge in [-0.25, -0.2) is 0 Å². The van der Waals surface area contributed by atoms with Gasteiger partial charge >= 0.3 is 0 Å². The first-order chi connectivity index (χ1) is 9.59. The van der Waals surface area contributed by atoms with Crippen molar-refractivity contribution in [2.45, 2.75) is 32.7 Å². The van der Waals surface area contributed by atoms with Gasteiger partial charge in [-0.05, 0) is 50.9 Å². The third kappa shape index (κ3) is 4.27. The van der Waals surface area contributed by atoms with Gasteiger partial charge in [-0.3, -0.25) is 9.88 Å². The largest absolute Gasteiger partial charge is 0.379 e. The molecule has 0 amide bonds. The predicted octanol–water partition coefficient (Wildman–Crippen LogP) is 1.63. The Kier molecular flexibility index (Phi) is 5.52. The van der Waals surface area contributed by atoms with Crippen LogP contribution in [-0.4, -0.2) is 54.8 Å². The number of hydrogen-bond donors (Lipinski definition) is 1. The molecule has 0 unspecified atom stereocenters. The minimum atomic E-state index is 0.192. The van der Waals surface area contributed by atoms with Gasteiger partial charge in [-0.2, -0.15) is 0 Å². The van der Waals surface area contributed by atoms with Gasteiger partial charge in [0.1, 0.15) is 0 Å². The van der Waals surface area contributed by atoms with Crippen LogP contribution in [0.5, 0.6) is 0 Å². The Hall–Kier alpha value is -0.970. The Morgan fingerprint density at radius 3 is 2.80 bits per heavy atom. The normalized spacial score (nSPS) is 17.4. The number of morpholine rings is 1. The highest BCUT2D eigenvalue weighted by Gasteiger charge is 2.27. The van der Waals surface area contributed by atoms with Gasteiger partial charge in [0.25, 0.3) is 0 Å². The topological polar surface area (TPSA) is 37.4 Å². The standard InChI is InChI=1S/C16H27N3O/c1-14-12-17-6-4-15(14)5-7-18-13-16(2,3)19-8-10-20-11-9-19/h4,6,12,18H,5,7-11,13H2,1-3H3. The van der Waals surface area contributed by atoms with E-state index >= 15 is 0 Å². The molecule has 0 radical (unpaired) electrons. The van der Waals surface area contributed by atoms with Crippen LogP contribution < -0.4 is 5.32 Å². The zero-order valence-electron chi connectivity index (χ0n) is 13.0. The molecule has 0 bridgehead atoms. The van der Waals surface area contributed by atoms with E-state index in [0.717, 1.165) is 45.8 Å². The monoisotopic (exact) mass is 277 g/mol. The van der Waals surface area contributed by atoms with Crippen molar-refractivity contribution in [2.75, 3.05) is 39.4 Å². The minimum Gasteiger partial charge on any atom is -0.379 e. The van der Waals surface area contributed by atoms with E-state index in [1.807, 2.05) is 12.4 Å². The number of rotatable bonds is 6. The molecule has 0 aromatic carbocycles. The lowest BCUT2D eigenvalue weighted by Gasteiger charge is -2.41. The molecule has 1 aliphatic heterocycles. The fourth-order valence-electron chi connectivity index (χ4n) is 2.68. The first-order valence-electron chi connectivity index (χ1n) is 7.52. The van der Waals surface area contributed by atoms with Crippen LogP contribution in [0.15, 0.2) is 18.5 Å². The SMILES string of the molecule is Cc1cnccc1CCNCC(C)(C)N1CCOCC1. The third-order valence-electron chi connectivity index (χ3n) is 4.13. The zero-order valence-corrected chi connectivity index (χ0v) is 13.0. The molecule has 112 valence electrons. The summed E-state index contributed by atoms with van der Waals surface area (Å²) in [5, 5.41) is 3.60. The summed E-state index contributed by atoms with van der Waals surface area (Å²) in [6.45, 7) is 12.6.